The minimum absolute atomic E-state index is 0.0294. The molecule has 2 aromatic carbocycles. The van der Waals surface area contributed by atoms with Gasteiger partial charge in [0.25, 0.3) is 5.91 Å². The van der Waals surface area contributed by atoms with E-state index in [9.17, 15) is 9.59 Å². The number of hydrogen-bond acceptors (Lipinski definition) is 8. The molecule has 0 unspecified atom stereocenters. The van der Waals surface area contributed by atoms with Gasteiger partial charge in [0.05, 0.1) is 22.5 Å². The van der Waals surface area contributed by atoms with Crippen molar-refractivity contribution in [2.75, 3.05) is 90.8 Å². The summed E-state index contributed by atoms with van der Waals surface area (Å²) in [7, 11) is 8.00. The minimum Gasteiger partial charge on any atom is -0.450 e. The maximum Gasteiger partial charge on any atom is 0.254 e. The Morgan fingerprint density at radius 3 is 2.59 bits per heavy atom. The van der Waals surface area contributed by atoms with Gasteiger partial charge in [-0.05, 0) is 77.3 Å². The Bertz CT molecular complexity index is 1630. The molecule has 0 radical (unpaired) electrons. The third kappa shape index (κ3) is 7.52. The number of ketones is 1. The van der Waals surface area contributed by atoms with Crippen LogP contribution in [0.5, 0.6) is 11.5 Å². The largest absolute Gasteiger partial charge is 0.450 e. The number of unbranched alkanes of at least 4 members (excludes halogenated alkanes) is 1. The maximum absolute atomic E-state index is 16.0. The molecule has 1 aliphatic carbocycles. The van der Waals surface area contributed by atoms with Gasteiger partial charge in [0.15, 0.2) is 23.1 Å². The van der Waals surface area contributed by atoms with E-state index in [2.05, 4.69) is 51.1 Å². The van der Waals surface area contributed by atoms with Crippen LogP contribution in [0.25, 0.3) is 12.2 Å². The molecule has 0 bridgehead atoms. The second-order valence-electron chi connectivity index (χ2n) is 12.6. The highest BCUT2D eigenvalue weighted by Gasteiger charge is 2.34. The van der Waals surface area contributed by atoms with E-state index in [1.807, 2.05) is 50.3 Å². The van der Waals surface area contributed by atoms with Gasteiger partial charge in [-0.3, -0.25) is 9.59 Å². The lowest BCUT2D eigenvalue weighted by Gasteiger charge is -2.33. The zero-order valence-corrected chi connectivity index (χ0v) is 27.6. The summed E-state index contributed by atoms with van der Waals surface area (Å²) in [6.45, 7) is 10.6. The van der Waals surface area contributed by atoms with E-state index in [0.717, 1.165) is 81.1 Å². The maximum atomic E-state index is 16.0. The number of benzene rings is 2. The van der Waals surface area contributed by atoms with Crippen molar-refractivity contribution in [3.8, 4) is 11.5 Å². The van der Waals surface area contributed by atoms with Gasteiger partial charge in [0.2, 0.25) is 0 Å². The van der Waals surface area contributed by atoms with Crippen LogP contribution in [-0.4, -0.2) is 107 Å². The van der Waals surface area contributed by atoms with Crippen LogP contribution in [0.4, 0.5) is 21.5 Å². The minimum atomic E-state index is -0.638. The molecule has 46 heavy (non-hydrogen) atoms. The topological polar surface area (TPSA) is 80.4 Å². The molecule has 0 saturated carbocycles. The number of hydrogen-bond donors (Lipinski definition) is 2. The Balaban J connectivity index is 1.40. The lowest BCUT2D eigenvalue weighted by molar-refractivity contribution is -0.117. The van der Waals surface area contributed by atoms with Crippen molar-refractivity contribution in [3.05, 3.63) is 64.3 Å². The van der Waals surface area contributed by atoms with Crippen LogP contribution in [0, 0.1) is 5.82 Å². The van der Waals surface area contributed by atoms with Crippen molar-refractivity contribution in [2.45, 2.75) is 25.7 Å². The molecule has 246 valence electrons. The molecule has 2 heterocycles. The number of likely N-dealkylation sites (N-methyl/N-ethyl adjacent to an activating group) is 1. The van der Waals surface area contributed by atoms with E-state index >= 15 is 4.39 Å². The summed E-state index contributed by atoms with van der Waals surface area (Å²) in [5.74, 6) is -0.999. The van der Waals surface area contributed by atoms with Gasteiger partial charge < -0.3 is 35.0 Å². The number of nitrogens with one attached hydrogen (secondary N) is 2. The Labute approximate surface area is 271 Å². The van der Waals surface area contributed by atoms with E-state index in [1.54, 1.807) is 0 Å². The van der Waals surface area contributed by atoms with Crippen molar-refractivity contribution in [3.63, 3.8) is 0 Å². The van der Waals surface area contributed by atoms with Crippen molar-refractivity contribution >= 4 is 40.9 Å². The molecule has 3 aliphatic rings. The lowest BCUT2D eigenvalue weighted by Crippen LogP contribution is -2.45. The fraction of sp³-hybridized carbons (Fsp3) is 0.444. The Morgan fingerprint density at radius 2 is 1.83 bits per heavy atom. The molecule has 10 heteroatoms. The van der Waals surface area contributed by atoms with Crippen molar-refractivity contribution in [2.24, 2.45) is 0 Å². The number of piperazine rings is 1. The molecular weight excluding hydrogens is 583 g/mol. The van der Waals surface area contributed by atoms with Crippen molar-refractivity contribution < 1.29 is 18.7 Å². The summed E-state index contributed by atoms with van der Waals surface area (Å²) >= 11 is 0. The van der Waals surface area contributed by atoms with E-state index < -0.39 is 17.5 Å². The quantitative estimate of drug-likeness (QED) is 0.115. The van der Waals surface area contributed by atoms with Crippen LogP contribution in [0.3, 0.4) is 0 Å². The summed E-state index contributed by atoms with van der Waals surface area (Å²) in [6.07, 6.45) is 11.5. The number of ether oxygens (including phenoxy) is 1. The first kappa shape index (κ1) is 33.4. The van der Waals surface area contributed by atoms with E-state index in [4.69, 9.17) is 4.74 Å². The number of anilines is 3. The number of carbonyl (C=O) groups is 2. The van der Waals surface area contributed by atoms with Crippen LogP contribution in [0.2, 0.25) is 0 Å². The smallest absolute Gasteiger partial charge is 0.254 e. The van der Waals surface area contributed by atoms with Gasteiger partial charge in [-0.15, -0.1) is 0 Å². The van der Waals surface area contributed by atoms with Crippen LogP contribution >= 0.6 is 0 Å². The third-order valence-electron chi connectivity index (χ3n) is 8.85. The second-order valence-corrected chi connectivity index (χ2v) is 12.6. The standard InChI is InChI=1S/C36H47FN6O3/c1-25(36(45)39-17-11-19-43-22-20-41(4)21-23-43)33(44)28-24-29(37)31(38-16-9-10-18-40(2)3)35-32(28)42(5)30-15-14-26-12-7-6-8-13-27(26)34(30)46-35/h6,8,12-15,24,38H,1,7,9-11,16-23H2,2-5H3,(H,39,45). The molecule has 1 saturated heterocycles. The molecule has 1 fully saturated rings. The highest BCUT2D eigenvalue weighted by molar-refractivity contribution is 6.27. The third-order valence-corrected chi connectivity index (χ3v) is 8.85. The number of Topliss-reactive ketones (excluding diaryl/α,β-unsaturated/α-hetero) is 1. The first-order valence-electron chi connectivity index (χ1n) is 16.2. The van der Waals surface area contributed by atoms with Gasteiger partial charge in [0.1, 0.15) is 5.69 Å². The molecular formula is C36H47FN6O3. The van der Waals surface area contributed by atoms with Gasteiger partial charge >= 0.3 is 0 Å². The van der Waals surface area contributed by atoms with Gasteiger partial charge in [-0.25, -0.2) is 4.39 Å². The number of nitrogens with zero attached hydrogens (tertiary/aromatic N) is 4. The number of rotatable bonds is 13. The van der Waals surface area contributed by atoms with Crippen molar-refractivity contribution in [1.29, 1.82) is 0 Å². The van der Waals surface area contributed by atoms with Gasteiger partial charge in [-0.2, -0.15) is 0 Å². The van der Waals surface area contributed by atoms with Gasteiger partial charge in [0, 0.05) is 51.5 Å². The van der Waals surface area contributed by atoms with Crippen LogP contribution in [-0.2, 0) is 4.79 Å². The summed E-state index contributed by atoms with van der Waals surface area (Å²) < 4.78 is 22.5. The predicted octanol–water partition coefficient (Wildman–Crippen LogP) is 3.47. The van der Waals surface area contributed by atoms with Crippen molar-refractivity contribution in [1.82, 2.24) is 20.0 Å². The molecule has 0 aromatic heterocycles. The fourth-order valence-electron chi connectivity index (χ4n) is 6.09. The zero-order chi connectivity index (χ0) is 32.8. The monoisotopic (exact) mass is 630 g/mol. The molecule has 5 rings (SSSR count). The molecule has 1 amide bonds. The number of fused-ring (bicyclic) bond motifs is 4. The first-order valence-corrected chi connectivity index (χ1v) is 16.2. The van der Waals surface area contributed by atoms with Gasteiger partial charge in [-0.1, -0.05) is 36.9 Å². The van der Waals surface area contributed by atoms with E-state index in [0.29, 0.717) is 24.5 Å². The number of allylic oxidation sites excluding steroid dienone is 2. The fourth-order valence-corrected chi connectivity index (χ4v) is 6.09. The summed E-state index contributed by atoms with van der Waals surface area (Å²) in [5.41, 5.74) is 1.12. The van der Waals surface area contributed by atoms with E-state index in [-0.39, 0.29) is 22.6 Å². The molecule has 2 N–H and O–H groups in total. The average molecular weight is 631 g/mol. The molecule has 2 aromatic rings. The Morgan fingerprint density at radius 1 is 1.04 bits per heavy atom. The van der Waals surface area contributed by atoms with E-state index in [1.165, 1.54) is 6.07 Å². The summed E-state index contributed by atoms with van der Waals surface area (Å²) in [6, 6.07) is 5.17. The number of amides is 1. The van der Waals surface area contributed by atoms with Crippen LogP contribution in [0.15, 0.2) is 42.5 Å². The average Bonchev–Trinajstić information content (AvgIpc) is 3.29. The lowest BCUT2D eigenvalue weighted by atomic mass is 9.98. The first-order chi connectivity index (χ1) is 22.2. The Hall–Kier alpha value is -3.99. The number of halogens is 1. The van der Waals surface area contributed by atoms with Crippen LogP contribution in [0.1, 0.15) is 36.0 Å². The molecule has 2 aliphatic heterocycles. The molecule has 0 atom stereocenters. The molecule has 0 spiro atoms. The SMILES string of the molecule is C=C(C(=O)NCCCN1CCN(C)CC1)C(=O)c1cc(F)c(NCCCCN(C)C)c2c1N(C)c1ccc3c(c1O2)=CC=CCC=3. The summed E-state index contributed by atoms with van der Waals surface area (Å²) in [5, 5.41) is 7.99. The highest BCUT2D eigenvalue weighted by atomic mass is 19.1. The second kappa shape index (κ2) is 15.1. The normalized spacial score (nSPS) is 15.9. The summed E-state index contributed by atoms with van der Waals surface area (Å²) in [4.78, 5) is 35.6. The predicted molar refractivity (Wildman–Crippen MR) is 184 cm³/mol. The zero-order valence-electron chi connectivity index (χ0n) is 27.6. The number of carbonyl (C=O) groups excluding carboxylic acids is 2. The van der Waals surface area contributed by atoms with Crippen LogP contribution < -0.4 is 30.7 Å². The Kier molecular flexibility index (Phi) is 10.9. The highest BCUT2D eigenvalue weighted by Crippen LogP contribution is 2.51. The molecule has 9 nitrogen and oxygen atoms in total.